The molecule has 0 aliphatic carbocycles. The molecule has 0 saturated heterocycles. The molecule has 0 aliphatic rings. The summed E-state index contributed by atoms with van der Waals surface area (Å²) in [5, 5.41) is 0. The zero-order chi connectivity index (χ0) is 30.6. The molecule has 0 heterocycles. The monoisotopic (exact) mass is 708 g/mol. The van der Waals surface area contributed by atoms with E-state index in [1.54, 1.807) is 84.1 Å². The molecule has 0 unspecified atom stereocenters. The molecule has 0 saturated carbocycles. The first-order chi connectivity index (χ1) is 19.9. The molecular weight excluding hydrogens is 655 g/mol. The molecule has 0 aliphatic heterocycles. The summed E-state index contributed by atoms with van der Waals surface area (Å²) in [5.74, 6) is -0.631. The van der Waals surface area contributed by atoms with Crippen molar-refractivity contribution in [1.82, 2.24) is 0 Å². The topological polar surface area (TPSA) is 52.6 Å². The number of benzene rings is 2. The van der Waals surface area contributed by atoms with E-state index in [9.17, 15) is 9.59 Å². The Morgan fingerprint density at radius 1 is 0.585 bits per heavy atom. The van der Waals surface area contributed by atoms with Crippen molar-refractivity contribution in [3.05, 3.63) is 59.7 Å². The van der Waals surface area contributed by atoms with Crippen molar-refractivity contribution in [2.24, 2.45) is 0 Å². The molecule has 2 aromatic carbocycles. The summed E-state index contributed by atoms with van der Waals surface area (Å²) >= 11 is 9.86. The van der Waals surface area contributed by atoms with Gasteiger partial charge >= 0.3 is 133 Å². The van der Waals surface area contributed by atoms with Crippen LogP contribution in [-0.4, -0.2) is 46.3 Å². The number of hydrogen-bond donors (Lipinski definition) is 0. The number of rotatable bonds is 18. The van der Waals surface area contributed by atoms with Crippen molar-refractivity contribution in [1.29, 1.82) is 0 Å². The van der Waals surface area contributed by atoms with Crippen molar-refractivity contribution in [3.8, 4) is 0 Å². The third-order valence-corrected chi connectivity index (χ3v) is 10.6. The van der Waals surface area contributed by atoms with Gasteiger partial charge in [0.25, 0.3) is 0 Å². The molecule has 2 rings (SSSR count). The maximum atomic E-state index is 11.1. The summed E-state index contributed by atoms with van der Waals surface area (Å²) in [7, 11) is 0. The van der Waals surface area contributed by atoms with E-state index in [1.807, 2.05) is 0 Å². The van der Waals surface area contributed by atoms with E-state index in [2.05, 4.69) is 13.8 Å². The zero-order valence-electron chi connectivity index (χ0n) is 25.9. The van der Waals surface area contributed by atoms with E-state index in [0.717, 1.165) is 0 Å². The average molecular weight is 708 g/mol. The molecule has 0 radical (unpaired) electrons. The van der Waals surface area contributed by atoms with Crippen LogP contribution in [-0.2, 0) is 34.7 Å². The Hall–Kier alpha value is -1.38. The van der Waals surface area contributed by atoms with Gasteiger partial charge in [0.05, 0.1) is 24.3 Å². The predicted octanol–water partition coefficient (Wildman–Crippen LogP) is 9.79. The fraction of sp³-hybridized carbons (Fsp3) is 0.588. The summed E-state index contributed by atoms with van der Waals surface area (Å²) < 4.78 is 12.9. The van der Waals surface area contributed by atoms with Gasteiger partial charge in [-0.25, -0.2) is 9.59 Å². The summed E-state index contributed by atoms with van der Waals surface area (Å²) in [4.78, 5) is 23.6. The molecular formula is C34H52O4S2Sn. The van der Waals surface area contributed by atoms with Gasteiger partial charge in [-0.05, 0) is 26.0 Å². The minimum Gasteiger partial charge on any atom is -0.780 e. The molecule has 4 nitrogen and oxygen atoms in total. The van der Waals surface area contributed by atoms with Gasteiger partial charge in [0.15, 0.2) is 0 Å². The molecule has 0 amide bonds. The Balaban J connectivity index is 0.000000598. The van der Waals surface area contributed by atoms with Gasteiger partial charge in [0.1, 0.15) is 0 Å². The zero-order valence-corrected chi connectivity index (χ0v) is 30.4. The SMILES string of the molecule is CCCCCCC[CH2][Sn+2][CH2]CCCCCCC.CCOC(=O)c1cccc([S-])c1.CCOC(=O)c1cccc([S-])c1. The molecule has 0 atom stereocenters. The normalized spacial score (nSPS) is 9.85. The second-order valence-corrected chi connectivity index (χ2v) is 15.0. The molecule has 0 bridgehead atoms. The smallest absolute Gasteiger partial charge is 0.338 e. The van der Waals surface area contributed by atoms with Gasteiger partial charge in [0.2, 0.25) is 0 Å². The van der Waals surface area contributed by atoms with E-state index in [4.69, 9.17) is 34.7 Å². The number of esters is 2. The van der Waals surface area contributed by atoms with Crippen molar-refractivity contribution in [3.63, 3.8) is 0 Å². The Bertz CT molecular complexity index is 850. The summed E-state index contributed by atoms with van der Waals surface area (Å²) in [5.41, 5.74) is 1.04. The van der Waals surface area contributed by atoms with Crippen molar-refractivity contribution < 1.29 is 19.1 Å². The molecule has 0 fully saturated rings. The minimum atomic E-state index is -0.316. The maximum Gasteiger partial charge on any atom is 0.338 e. The summed E-state index contributed by atoms with van der Waals surface area (Å²) in [6.07, 6.45) is 17.8. The van der Waals surface area contributed by atoms with Crippen LogP contribution in [0.3, 0.4) is 0 Å². The quantitative estimate of drug-likeness (QED) is 0.0666. The molecule has 228 valence electrons. The maximum absolute atomic E-state index is 11.1. The van der Waals surface area contributed by atoms with Crippen LogP contribution in [0.4, 0.5) is 0 Å². The third kappa shape index (κ3) is 23.8. The van der Waals surface area contributed by atoms with E-state index in [1.165, 1.54) is 64.2 Å². The summed E-state index contributed by atoms with van der Waals surface area (Å²) in [6.45, 7) is 8.93. The van der Waals surface area contributed by atoms with Crippen LogP contribution < -0.4 is 0 Å². The molecule has 41 heavy (non-hydrogen) atoms. The standard InChI is InChI=1S/2C9H10O2S.2C8H17.Sn/c2*1-2-11-9(10)7-4-3-5-8(12)6-7;2*1-3-5-7-8-6-4-2;/h2*3-6,12H,2H2,1H3;2*1,3-8H2,2H3;/q;;;;+2/p-2. The fourth-order valence-corrected chi connectivity index (χ4v) is 7.84. The van der Waals surface area contributed by atoms with Crippen LogP contribution in [0.5, 0.6) is 0 Å². The van der Waals surface area contributed by atoms with E-state index < -0.39 is 0 Å². The second-order valence-electron chi connectivity index (χ2n) is 9.78. The Morgan fingerprint density at radius 3 is 1.29 bits per heavy atom. The largest absolute Gasteiger partial charge is 0.780 e. The van der Waals surface area contributed by atoms with Gasteiger partial charge in [-0.3, -0.25) is 0 Å². The van der Waals surface area contributed by atoms with Gasteiger partial charge in [-0.2, -0.15) is 9.79 Å². The molecule has 0 aromatic heterocycles. The van der Waals surface area contributed by atoms with Crippen LogP contribution >= 0.6 is 0 Å². The first kappa shape index (κ1) is 39.6. The van der Waals surface area contributed by atoms with Crippen molar-refractivity contribution >= 4 is 58.3 Å². The number of ether oxygens (including phenoxy) is 2. The van der Waals surface area contributed by atoms with Gasteiger partial charge < -0.3 is 34.7 Å². The summed E-state index contributed by atoms with van der Waals surface area (Å²) in [6, 6.07) is 13.7. The molecule has 0 spiro atoms. The van der Waals surface area contributed by atoms with Crippen LogP contribution in [0.1, 0.15) is 125 Å². The van der Waals surface area contributed by atoms with Crippen molar-refractivity contribution in [2.75, 3.05) is 13.2 Å². The number of carbonyl (C=O) groups excluding carboxylic acids is 2. The average Bonchev–Trinajstić information content (AvgIpc) is 2.96. The van der Waals surface area contributed by atoms with Crippen molar-refractivity contribution in [2.45, 2.75) is 123 Å². The predicted molar refractivity (Wildman–Crippen MR) is 178 cm³/mol. The van der Waals surface area contributed by atoms with E-state index in [0.29, 0.717) is 34.1 Å². The Kier molecular flexibility index (Phi) is 27.8. The van der Waals surface area contributed by atoms with Crippen LogP contribution in [0.25, 0.3) is 0 Å². The fourth-order valence-electron chi connectivity index (χ4n) is 3.86. The van der Waals surface area contributed by atoms with E-state index >= 15 is 0 Å². The Labute approximate surface area is 272 Å². The van der Waals surface area contributed by atoms with Gasteiger partial charge in [-0.15, -0.1) is 0 Å². The van der Waals surface area contributed by atoms with Gasteiger partial charge in [-0.1, -0.05) is 36.4 Å². The number of hydrogen-bond acceptors (Lipinski definition) is 6. The molecule has 2 aromatic rings. The second kappa shape index (κ2) is 28.7. The third-order valence-electron chi connectivity index (χ3n) is 6.10. The van der Waals surface area contributed by atoms with Crippen LogP contribution in [0.15, 0.2) is 58.3 Å². The number of unbranched alkanes of at least 4 members (excludes halogenated alkanes) is 10. The molecule has 7 heteroatoms. The van der Waals surface area contributed by atoms with E-state index in [-0.39, 0.29) is 33.1 Å². The van der Waals surface area contributed by atoms with Gasteiger partial charge in [0, 0.05) is 0 Å². The first-order valence-electron chi connectivity index (χ1n) is 15.5. The number of carbonyl (C=O) groups is 2. The Morgan fingerprint density at radius 2 is 0.951 bits per heavy atom. The first-order valence-corrected chi connectivity index (χ1v) is 20.3. The molecule has 0 N–H and O–H groups in total. The minimum absolute atomic E-state index is 0.0736. The van der Waals surface area contributed by atoms with Crippen LogP contribution in [0, 0.1) is 0 Å². The van der Waals surface area contributed by atoms with Crippen LogP contribution in [0.2, 0.25) is 8.87 Å².